The van der Waals surface area contributed by atoms with E-state index in [-0.39, 0.29) is 11.6 Å². The predicted molar refractivity (Wildman–Crippen MR) is 47.0 cm³/mol. The molecule has 0 bridgehead atoms. The van der Waals surface area contributed by atoms with Gasteiger partial charge in [-0.05, 0) is 18.4 Å². The van der Waals surface area contributed by atoms with Gasteiger partial charge < -0.3 is 5.11 Å². The van der Waals surface area contributed by atoms with E-state index in [1.807, 2.05) is 0 Å². The Hall–Kier alpha value is -0.770. The highest BCUT2D eigenvalue weighted by molar-refractivity contribution is 5.82. The molecule has 1 heterocycles. The lowest BCUT2D eigenvalue weighted by Gasteiger charge is -2.19. The van der Waals surface area contributed by atoms with Gasteiger partial charge in [-0.25, -0.2) is 9.38 Å². The summed E-state index contributed by atoms with van der Waals surface area (Å²) in [6, 6.07) is -0.661. The van der Waals surface area contributed by atoms with E-state index in [9.17, 15) is 13.9 Å². The summed E-state index contributed by atoms with van der Waals surface area (Å²) >= 11 is 0. The second-order valence-electron chi connectivity index (χ2n) is 3.00. The Morgan fingerprint density at radius 2 is 2.54 bits per heavy atom. The van der Waals surface area contributed by atoms with Crippen molar-refractivity contribution in [1.29, 1.82) is 0 Å². The van der Waals surface area contributed by atoms with Gasteiger partial charge in [0.25, 0.3) is 0 Å². The van der Waals surface area contributed by atoms with E-state index in [4.69, 9.17) is 2.74 Å². The molecule has 13 heavy (non-hydrogen) atoms. The lowest BCUT2D eigenvalue weighted by Crippen LogP contribution is -2.30. The smallest absolute Gasteiger partial charge is 0.226 e. The summed E-state index contributed by atoms with van der Waals surface area (Å²) in [5.74, 6) is -1.72. The predicted octanol–water partition coefficient (Wildman–Crippen LogP) is 2.00. The van der Waals surface area contributed by atoms with E-state index in [1.54, 1.807) is 13.8 Å². The van der Waals surface area contributed by atoms with E-state index in [0.29, 0.717) is 6.42 Å². The Kier molecular flexibility index (Phi) is 2.32. The molecule has 3 atom stereocenters. The molecular formula is C9H13F2NO. The summed E-state index contributed by atoms with van der Waals surface area (Å²) in [7, 11) is 0. The number of aliphatic hydroxyl groups is 1. The molecule has 0 radical (unpaired) electrons. The topological polar surface area (TPSA) is 32.6 Å². The van der Waals surface area contributed by atoms with Crippen LogP contribution in [0.15, 0.2) is 16.7 Å². The van der Waals surface area contributed by atoms with Crippen LogP contribution < -0.4 is 0 Å². The molecule has 0 aromatic carbocycles. The molecule has 0 spiro atoms. The summed E-state index contributed by atoms with van der Waals surface area (Å²) in [5, 5.41) is 9.32. The molecule has 0 fully saturated rings. The maximum atomic E-state index is 13.0. The van der Waals surface area contributed by atoms with E-state index in [1.165, 1.54) is 0 Å². The van der Waals surface area contributed by atoms with E-state index < -0.39 is 24.3 Å². The van der Waals surface area contributed by atoms with E-state index in [0.717, 1.165) is 0 Å². The molecule has 2 nitrogen and oxygen atoms in total. The van der Waals surface area contributed by atoms with Gasteiger partial charge in [0, 0.05) is 5.70 Å². The molecule has 1 aliphatic rings. The van der Waals surface area contributed by atoms with Crippen LogP contribution in [0.25, 0.3) is 0 Å². The van der Waals surface area contributed by atoms with Crippen LogP contribution in [0, 0.1) is 5.92 Å². The lowest BCUT2D eigenvalue weighted by molar-refractivity contribution is 0.144. The van der Waals surface area contributed by atoms with Gasteiger partial charge in [-0.2, -0.15) is 4.39 Å². The normalized spacial score (nSPS) is 39.5. The largest absolute Gasteiger partial charge is 0.385 e. The van der Waals surface area contributed by atoms with Crippen LogP contribution in [0.2, 0.25) is 0 Å². The fourth-order valence-corrected chi connectivity index (χ4v) is 0.934. The maximum Gasteiger partial charge on any atom is 0.226 e. The molecule has 0 saturated heterocycles. The van der Waals surface area contributed by atoms with Crippen molar-refractivity contribution in [3.8, 4) is 0 Å². The molecular weight excluding hydrogens is 176 g/mol. The number of hydrogen-bond acceptors (Lipinski definition) is 2. The van der Waals surface area contributed by atoms with Crippen LogP contribution in [0.4, 0.5) is 8.78 Å². The highest BCUT2D eigenvalue weighted by Gasteiger charge is 2.28. The van der Waals surface area contributed by atoms with Crippen LogP contribution in [0.3, 0.4) is 0 Å². The minimum atomic E-state index is -2.86. The molecule has 0 aliphatic carbocycles. The standard InChI is InChI=1S/C9H13F2NO/c1-3-5(2)6-4-7(13)8(10)9(11)12-6/h4-5,7-8,13H,3H2,1-2H3/i4D,7D. The van der Waals surface area contributed by atoms with Crippen molar-refractivity contribution >= 4 is 5.97 Å². The van der Waals surface area contributed by atoms with Gasteiger partial charge in [-0.15, -0.1) is 0 Å². The van der Waals surface area contributed by atoms with Gasteiger partial charge in [0.05, 0.1) is 2.74 Å². The van der Waals surface area contributed by atoms with E-state index in [2.05, 4.69) is 4.99 Å². The first-order chi connectivity index (χ1) is 6.82. The monoisotopic (exact) mass is 191 g/mol. The van der Waals surface area contributed by atoms with Crippen molar-refractivity contribution in [2.24, 2.45) is 10.9 Å². The Balaban J connectivity index is 3.21. The molecule has 4 heteroatoms. The number of rotatable bonds is 2. The highest BCUT2D eigenvalue weighted by atomic mass is 19.2. The minimum Gasteiger partial charge on any atom is -0.385 e. The first-order valence-corrected chi connectivity index (χ1v) is 4.14. The molecule has 1 rings (SSSR count). The second kappa shape index (κ2) is 3.96. The van der Waals surface area contributed by atoms with Crippen LogP contribution in [-0.4, -0.2) is 23.3 Å². The minimum absolute atomic E-state index is 0.0543. The summed E-state index contributed by atoms with van der Waals surface area (Å²) in [6.45, 7) is 3.47. The molecule has 1 N–H and O–H groups in total. The molecule has 0 amide bonds. The Morgan fingerprint density at radius 3 is 3.08 bits per heavy atom. The zero-order valence-electron chi connectivity index (χ0n) is 9.51. The third-order valence-corrected chi connectivity index (χ3v) is 2.01. The van der Waals surface area contributed by atoms with Crippen molar-refractivity contribution in [3.05, 3.63) is 11.7 Å². The third kappa shape index (κ3) is 2.12. The van der Waals surface area contributed by atoms with Crippen molar-refractivity contribution < 1.29 is 16.6 Å². The second-order valence-corrected chi connectivity index (χ2v) is 3.00. The lowest BCUT2D eigenvalue weighted by atomic mass is 10.0. The Labute approximate surface area is 78.8 Å². The summed E-state index contributed by atoms with van der Waals surface area (Å²) in [4.78, 5) is 3.30. The van der Waals surface area contributed by atoms with Crippen LogP contribution in [0.5, 0.6) is 0 Å². The summed E-state index contributed by atoms with van der Waals surface area (Å²) in [6.07, 6.45) is -4.86. The Morgan fingerprint density at radius 1 is 1.92 bits per heavy atom. The fraction of sp³-hybridized carbons (Fsp3) is 0.667. The molecule has 0 saturated carbocycles. The van der Waals surface area contributed by atoms with Crippen LogP contribution in [0.1, 0.15) is 23.0 Å². The molecule has 1 aliphatic heterocycles. The third-order valence-electron chi connectivity index (χ3n) is 2.01. The van der Waals surface area contributed by atoms with Crippen LogP contribution >= 0.6 is 0 Å². The average Bonchev–Trinajstić information content (AvgIpc) is 2.20. The van der Waals surface area contributed by atoms with Crippen molar-refractivity contribution in [2.45, 2.75) is 32.5 Å². The SMILES string of the molecule is [2H]C1=C(C(C)CC)N=C(F)C(F)C1([2H])O. The van der Waals surface area contributed by atoms with Crippen molar-refractivity contribution in [2.75, 3.05) is 0 Å². The molecule has 74 valence electrons. The van der Waals surface area contributed by atoms with Gasteiger partial charge in [-0.3, -0.25) is 0 Å². The van der Waals surface area contributed by atoms with Gasteiger partial charge >= 0.3 is 0 Å². The maximum absolute atomic E-state index is 13.0. The van der Waals surface area contributed by atoms with Crippen molar-refractivity contribution in [1.82, 2.24) is 0 Å². The van der Waals surface area contributed by atoms with Crippen LogP contribution in [-0.2, 0) is 0 Å². The molecule has 3 unspecified atom stereocenters. The number of allylic oxidation sites excluding steroid dienone is 1. The summed E-state index contributed by atoms with van der Waals surface area (Å²) in [5.41, 5.74) is -0.0543. The zero-order chi connectivity index (χ0) is 11.8. The number of halogens is 2. The number of nitrogens with zero attached hydrogens (tertiary/aromatic N) is 1. The van der Waals surface area contributed by atoms with E-state index >= 15 is 0 Å². The number of alkyl halides is 1. The quantitative estimate of drug-likeness (QED) is 0.711. The van der Waals surface area contributed by atoms with Gasteiger partial charge in [0.2, 0.25) is 5.97 Å². The number of aliphatic imine (C=N–C) groups is 1. The Bertz CT molecular complexity index is 328. The zero-order valence-corrected chi connectivity index (χ0v) is 7.51. The summed E-state index contributed by atoms with van der Waals surface area (Å²) < 4.78 is 40.6. The average molecular weight is 191 g/mol. The first-order valence-electron chi connectivity index (χ1n) is 5.14. The molecule has 0 aromatic heterocycles. The molecule has 0 aromatic rings. The highest BCUT2D eigenvalue weighted by Crippen LogP contribution is 2.23. The first kappa shape index (κ1) is 7.62. The van der Waals surface area contributed by atoms with Gasteiger partial charge in [0.1, 0.15) is 6.08 Å². The number of hydrogen-bond donors (Lipinski definition) is 1. The van der Waals surface area contributed by atoms with Gasteiger partial charge in [-0.1, -0.05) is 13.8 Å². The van der Waals surface area contributed by atoms with Gasteiger partial charge in [0.15, 0.2) is 6.17 Å². The fourth-order valence-electron chi connectivity index (χ4n) is 0.934. The van der Waals surface area contributed by atoms with Crippen molar-refractivity contribution in [3.63, 3.8) is 0 Å².